The molecule has 0 saturated heterocycles. The number of methoxy groups -OCH3 is 1. The number of rotatable bonds is 19. The summed E-state index contributed by atoms with van der Waals surface area (Å²) in [4.78, 5) is 5.80. The number of ether oxygens (including phenoxy) is 1. The van der Waals surface area contributed by atoms with Gasteiger partial charge < -0.3 is 4.74 Å². The molecule has 0 saturated carbocycles. The molecule has 3 heterocycles. The van der Waals surface area contributed by atoms with Crippen LogP contribution in [0.3, 0.4) is 0 Å². The Bertz CT molecular complexity index is 1200. The quantitative estimate of drug-likeness (QED) is 0.125. The third-order valence-electron chi connectivity index (χ3n) is 8.39. The first kappa shape index (κ1) is 32.6. The predicted octanol–water partition coefficient (Wildman–Crippen LogP) is 13.0. The van der Waals surface area contributed by atoms with Gasteiger partial charge >= 0.3 is 0 Å². The van der Waals surface area contributed by atoms with Gasteiger partial charge in [0.15, 0.2) is 0 Å². The molecule has 1 aromatic carbocycles. The van der Waals surface area contributed by atoms with Crippen LogP contribution in [0.15, 0.2) is 47.9 Å². The van der Waals surface area contributed by atoms with Gasteiger partial charge in [-0.1, -0.05) is 122 Å². The van der Waals surface area contributed by atoms with Crippen LogP contribution in [0.2, 0.25) is 0 Å². The first-order valence-electron chi connectivity index (χ1n) is 16.2. The van der Waals surface area contributed by atoms with Crippen molar-refractivity contribution in [3.8, 4) is 20.9 Å². The van der Waals surface area contributed by atoms with Gasteiger partial charge in [0.05, 0.1) is 11.5 Å². The van der Waals surface area contributed by atoms with Gasteiger partial charge in [0, 0.05) is 33.1 Å². The molecule has 4 heteroatoms. The van der Waals surface area contributed by atoms with Gasteiger partial charge in [-0.05, 0) is 58.9 Å². The predicted molar refractivity (Wildman–Crippen MR) is 187 cm³/mol. The Morgan fingerprint density at radius 1 is 0.780 bits per heavy atom. The SMILES string of the molecule is CCCCCCCCc1csc(-c2sc(C3=CC(C)(CCCCCCCC)CS3)cc2-c2ccc(COC)cc2)c1. The molecule has 1 unspecified atom stereocenters. The summed E-state index contributed by atoms with van der Waals surface area (Å²) in [7, 11) is 1.77. The summed E-state index contributed by atoms with van der Waals surface area (Å²) in [5.41, 5.74) is 5.76. The molecule has 0 radical (unpaired) electrons. The van der Waals surface area contributed by atoms with Gasteiger partial charge in [-0.2, -0.15) is 0 Å². The minimum Gasteiger partial charge on any atom is -0.380 e. The van der Waals surface area contributed by atoms with Gasteiger partial charge in [0.1, 0.15) is 0 Å². The van der Waals surface area contributed by atoms with Crippen LogP contribution in [0.5, 0.6) is 0 Å². The maximum Gasteiger partial charge on any atom is 0.0713 e. The van der Waals surface area contributed by atoms with Crippen LogP contribution in [0.25, 0.3) is 25.8 Å². The zero-order chi connectivity index (χ0) is 28.9. The van der Waals surface area contributed by atoms with Crippen LogP contribution in [-0.4, -0.2) is 12.9 Å². The first-order chi connectivity index (χ1) is 20.0. The number of benzene rings is 1. The van der Waals surface area contributed by atoms with Crippen molar-refractivity contribution < 1.29 is 4.74 Å². The topological polar surface area (TPSA) is 9.23 Å². The molecule has 1 nitrogen and oxygen atoms in total. The summed E-state index contributed by atoms with van der Waals surface area (Å²) in [6.45, 7) is 7.74. The highest BCUT2D eigenvalue weighted by Crippen LogP contribution is 2.51. The standard InChI is InChI=1S/C37H52OS3/c1-5-7-9-11-13-15-17-30-23-34(39-27-30)36-32(31-20-18-29(19-21-31)26-38-4)24-33(41-36)35-25-37(3,28-40-35)22-16-14-12-10-8-6-2/h18-21,23-25,27H,5-17,22,26,28H2,1-4H3. The Labute approximate surface area is 263 Å². The third kappa shape index (κ3) is 9.85. The highest BCUT2D eigenvalue weighted by molar-refractivity contribution is 8.08. The Morgan fingerprint density at radius 3 is 2.17 bits per heavy atom. The highest BCUT2D eigenvalue weighted by Gasteiger charge is 2.30. The molecule has 4 rings (SSSR count). The number of hydrogen-bond donors (Lipinski definition) is 0. The number of thioether (sulfide) groups is 1. The van der Waals surface area contributed by atoms with E-state index in [0.717, 1.165) is 0 Å². The number of allylic oxidation sites excluding steroid dienone is 1. The van der Waals surface area contributed by atoms with Gasteiger partial charge in [0.2, 0.25) is 0 Å². The molecule has 0 fully saturated rings. The second-order valence-corrected chi connectivity index (χ2v) is 15.3. The van der Waals surface area contributed by atoms with E-state index in [0.29, 0.717) is 12.0 Å². The van der Waals surface area contributed by atoms with Crippen molar-refractivity contribution >= 4 is 39.3 Å². The molecular weight excluding hydrogens is 557 g/mol. The molecule has 1 aliphatic rings. The molecule has 0 aliphatic carbocycles. The number of thiophene rings is 2. The van der Waals surface area contributed by atoms with Gasteiger partial charge in [-0.3, -0.25) is 0 Å². The van der Waals surface area contributed by atoms with Crippen molar-refractivity contribution in [2.24, 2.45) is 5.41 Å². The maximum absolute atomic E-state index is 5.37. The minimum atomic E-state index is 0.324. The lowest BCUT2D eigenvalue weighted by molar-refractivity contribution is 0.185. The highest BCUT2D eigenvalue weighted by atomic mass is 32.2. The lowest BCUT2D eigenvalue weighted by Gasteiger charge is -2.20. The van der Waals surface area contributed by atoms with Gasteiger partial charge in [-0.25, -0.2) is 0 Å². The van der Waals surface area contributed by atoms with Gasteiger partial charge in [-0.15, -0.1) is 34.4 Å². The first-order valence-corrected chi connectivity index (χ1v) is 18.9. The molecule has 41 heavy (non-hydrogen) atoms. The monoisotopic (exact) mass is 608 g/mol. The lowest BCUT2D eigenvalue weighted by atomic mass is 9.86. The summed E-state index contributed by atoms with van der Waals surface area (Å²) in [6.07, 6.45) is 21.5. The fraction of sp³-hybridized carbons (Fsp3) is 0.568. The van der Waals surface area contributed by atoms with Gasteiger partial charge in [0.25, 0.3) is 0 Å². The number of unbranched alkanes of at least 4 members (excludes halogenated alkanes) is 10. The Morgan fingerprint density at radius 2 is 1.46 bits per heavy atom. The summed E-state index contributed by atoms with van der Waals surface area (Å²) in [5.74, 6) is 1.22. The fourth-order valence-electron chi connectivity index (χ4n) is 5.83. The fourth-order valence-corrected chi connectivity index (χ4v) is 9.59. The van der Waals surface area contributed by atoms with E-state index in [1.54, 1.807) is 7.11 Å². The van der Waals surface area contributed by atoms with Crippen LogP contribution in [0.4, 0.5) is 0 Å². The molecule has 3 aromatic rings. The van der Waals surface area contributed by atoms with Crippen molar-refractivity contribution in [3.63, 3.8) is 0 Å². The number of aryl methyl sites for hydroxylation is 1. The van der Waals surface area contributed by atoms with E-state index in [2.05, 4.69) is 80.4 Å². The Hall–Kier alpha value is -1.33. The average molecular weight is 609 g/mol. The van der Waals surface area contributed by atoms with E-state index in [9.17, 15) is 0 Å². The van der Waals surface area contributed by atoms with E-state index in [4.69, 9.17) is 4.74 Å². The van der Waals surface area contributed by atoms with E-state index in [1.165, 1.54) is 137 Å². The van der Waals surface area contributed by atoms with Crippen LogP contribution in [0, 0.1) is 5.41 Å². The normalized spacial score (nSPS) is 16.9. The second-order valence-electron chi connectivity index (χ2n) is 12.3. The lowest BCUT2D eigenvalue weighted by Crippen LogP contribution is -2.12. The van der Waals surface area contributed by atoms with E-state index in [-0.39, 0.29) is 0 Å². The van der Waals surface area contributed by atoms with E-state index in [1.807, 2.05) is 22.7 Å². The zero-order valence-electron chi connectivity index (χ0n) is 26.1. The van der Waals surface area contributed by atoms with Crippen molar-refractivity contribution in [1.29, 1.82) is 0 Å². The van der Waals surface area contributed by atoms with Crippen molar-refractivity contribution in [3.05, 3.63) is 63.9 Å². The molecule has 0 N–H and O–H groups in total. The third-order valence-corrected chi connectivity index (χ3v) is 12.3. The van der Waals surface area contributed by atoms with Crippen LogP contribution in [0.1, 0.15) is 120 Å². The largest absolute Gasteiger partial charge is 0.380 e. The zero-order valence-corrected chi connectivity index (χ0v) is 28.5. The Kier molecular flexibility index (Phi) is 13.6. The molecule has 0 spiro atoms. The average Bonchev–Trinajstić information content (AvgIpc) is 3.72. The summed E-state index contributed by atoms with van der Waals surface area (Å²) >= 11 is 6.02. The van der Waals surface area contributed by atoms with E-state index < -0.39 is 0 Å². The summed E-state index contributed by atoms with van der Waals surface area (Å²) in [5, 5.41) is 2.41. The molecule has 1 atom stereocenters. The van der Waals surface area contributed by atoms with Crippen molar-refractivity contribution in [1.82, 2.24) is 0 Å². The molecule has 0 bridgehead atoms. The minimum absolute atomic E-state index is 0.324. The molecule has 0 amide bonds. The molecule has 2 aromatic heterocycles. The summed E-state index contributed by atoms with van der Waals surface area (Å²) < 4.78 is 5.37. The molecule has 1 aliphatic heterocycles. The second kappa shape index (κ2) is 17.1. The molecular formula is C37H52OS3. The van der Waals surface area contributed by atoms with Crippen LogP contribution < -0.4 is 0 Å². The van der Waals surface area contributed by atoms with Crippen molar-refractivity contribution in [2.75, 3.05) is 12.9 Å². The van der Waals surface area contributed by atoms with Crippen LogP contribution >= 0.6 is 34.4 Å². The molecule has 224 valence electrons. The van der Waals surface area contributed by atoms with Crippen LogP contribution in [-0.2, 0) is 17.8 Å². The maximum atomic E-state index is 5.37. The van der Waals surface area contributed by atoms with Crippen molar-refractivity contribution in [2.45, 2.75) is 117 Å². The Balaban J connectivity index is 1.51. The summed E-state index contributed by atoms with van der Waals surface area (Å²) in [6, 6.07) is 14.0. The van der Waals surface area contributed by atoms with E-state index >= 15 is 0 Å². The smallest absolute Gasteiger partial charge is 0.0713 e. The number of hydrogen-bond acceptors (Lipinski definition) is 4.